The van der Waals surface area contributed by atoms with Crippen molar-refractivity contribution in [1.29, 1.82) is 5.26 Å². The maximum Gasteiger partial charge on any atom is 0.182 e. The van der Waals surface area contributed by atoms with Crippen LogP contribution in [0.2, 0.25) is 0 Å². The van der Waals surface area contributed by atoms with Gasteiger partial charge in [-0.3, -0.25) is 4.79 Å². The number of hydrogen-bond acceptors (Lipinski definition) is 5. The van der Waals surface area contributed by atoms with E-state index in [2.05, 4.69) is 0 Å². The molecule has 0 radical (unpaired) electrons. The van der Waals surface area contributed by atoms with Gasteiger partial charge in [0.15, 0.2) is 5.78 Å². The van der Waals surface area contributed by atoms with Gasteiger partial charge in [0.1, 0.15) is 11.5 Å². The predicted octanol–water partition coefficient (Wildman–Crippen LogP) is 2.17. The van der Waals surface area contributed by atoms with Crippen molar-refractivity contribution >= 4 is 11.5 Å². The topological polar surface area (TPSA) is 84.6 Å². The summed E-state index contributed by atoms with van der Waals surface area (Å²) in [4.78, 5) is 14.1. The Labute approximate surface area is 121 Å². The van der Waals surface area contributed by atoms with Crippen molar-refractivity contribution in [1.82, 2.24) is 0 Å². The molecule has 3 rings (SSSR count). The molecular formula is C16H12N2O3. The van der Waals surface area contributed by atoms with Crippen LogP contribution in [-0.2, 0) is 6.54 Å². The molecule has 0 spiro atoms. The minimum absolute atomic E-state index is 0.0725. The summed E-state index contributed by atoms with van der Waals surface area (Å²) in [5, 5.41) is 28.1. The van der Waals surface area contributed by atoms with Gasteiger partial charge in [0.05, 0.1) is 18.2 Å². The number of Topliss-reactive ketones (excluding diaryl/α,β-unsaturated/α-hetero) is 1. The van der Waals surface area contributed by atoms with Gasteiger partial charge in [-0.25, -0.2) is 0 Å². The summed E-state index contributed by atoms with van der Waals surface area (Å²) in [7, 11) is 0. The number of anilines is 1. The van der Waals surface area contributed by atoms with Crippen molar-refractivity contribution in [3.05, 3.63) is 53.1 Å². The summed E-state index contributed by atoms with van der Waals surface area (Å²) in [5.41, 5.74) is 2.13. The first-order valence-electron chi connectivity index (χ1n) is 6.41. The summed E-state index contributed by atoms with van der Waals surface area (Å²) in [6.07, 6.45) is 0. The van der Waals surface area contributed by atoms with Crippen LogP contribution in [-0.4, -0.2) is 22.5 Å². The van der Waals surface area contributed by atoms with Crippen LogP contribution >= 0.6 is 0 Å². The average Bonchev–Trinajstić information content (AvgIpc) is 2.48. The van der Waals surface area contributed by atoms with Gasteiger partial charge in [-0.05, 0) is 36.4 Å². The molecule has 0 fully saturated rings. The average molecular weight is 280 g/mol. The Morgan fingerprint density at radius 1 is 1.05 bits per heavy atom. The molecular weight excluding hydrogens is 268 g/mol. The zero-order chi connectivity index (χ0) is 15.0. The molecule has 1 aliphatic heterocycles. The third kappa shape index (κ3) is 2.28. The number of rotatable bonds is 1. The summed E-state index contributed by atoms with van der Waals surface area (Å²) < 4.78 is 0. The molecule has 0 aliphatic carbocycles. The van der Waals surface area contributed by atoms with Crippen molar-refractivity contribution in [3.8, 4) is 17.6 Å². The Kier molecular flexibility index (Phi) is 2.99. The molecule has 0 unspecified atom stereocenters. The number of nitriles is 1. The smallest absolute Gasteiger partial charge is 0.182 e. The van der Waals surface area contributed by atoms with E-state index in [1.807, 2.05) is 11.0 Å². The minimum atomic E-state index is -0.142. The molecule has 2 aromatic carbocycles. The number of ketones is 1. The number of carbonyl (C=O) groups excluding carboxylic acids is 1. The van der Waals surface area contributed by atoms with E-state index in [0.29, 0.717) is 23.2 Å². The highest BCUT2D eigenvalue weighted by molar-refractivity contribution is 6.03. The largest absolute Gasteiger partial charge is 0.508 e. The lowest BCUT2D eigenvalue weighted by molar-refractivity contribution is 0.0991. The molecule has 0 saturated carbocycles. The Balaban J connectivity index is 2.04. The Morgan fingerprint density at radius 3 is 2.43 bits per heavy atom. The summed E-state index contributed by atoms with van der Waals surface area (Å²) in [5.74, 6) is -0.0569. The van der Waals surface area contributed by atoms with Crippen LogP contribution < -0.4 is 4.90 Å². The highest BCUT2D eigenvalue weighted by Crippen LogP contribution is 2.30. The third-order valence-corrected chi connectivity index (χ3v) is 3.55. The first kappa shape index (κ1) is 13.0. The molecule has 2 aromatic rings. The molecule has 0 bridgehead atoms. The van der Waals surface area contributed by atoms with Crippen molar-refractivity contribution < 1.29 is 15.0 Å². The van der Waals surface area contributed by atoms with Gasteiger partial charge in [0.25, 0.3) is 0 Å². The highest BCUT2D eigenvalue weighted by Gasteiger charge is 2.26. The molecule has 1 heterocycles. The van der Waals surface area contributed by atoms with Crippen molar-refractivity contribution in [2.45, 2.75) is 6.54 Å². The molecule has 5 nitrogen and oxygen atoms in total. The normalized spacial score (nSPS) is 13.7. The summed E-state index contributed by atoms with van der Waals surface area (Å²) >= 11 is 0. The quantitative estimate of drug-likeness (QED) is 0.836. The van der Waals surface area contributed by atoms with Crippen LogP contribution in [0.4, 0.5) is 5.69 Å². The van der Waals surface area contributed by atoms with Crippen LogP contribution in [0.5, 0.6) is 11.5 Å². The fourth-order valence-corrected chi connectivity index (χ4v) is 2.53. The van der Waals surface area contributed by atoms with Gasteiger partial charge in [-0.1, -0.05) is 0 Å². The molecule has 2 N–H and O–H groups in total. The predicted molar refractivity (Wildman–Crippen MR) is 76.3 cm³/mol. The first-order valence-corrected chi connectivity index (χ1v) is 6.41. The molecule has 5 heteroatoms. The molecule has 0 saturated heterocycles. The number of hydrogen-bond donors (Lipinski definition) is 2. The minimum Gasteiger partial charge on any atom is -0.508 e. The van der Waals surface area contributed by atoms with Crippen molar-refractivity contribution in [3.63, 3.8) is 0 Å². The van der Waals surface area contributed by atoms with E-state index in [1.54, 1.807) is 24.3 Å². The Bertz CT molecular complexity index is 760. The standard InChI is InChI=1S/C16H12N2O3/c17-7-10-5-13(20)6-14-15(10)8-18(9-16(14)21)11-1-3-12(19)4-2-11/h1-6,19-20H,8-9H2. The zero-order valence-electron chi connectivity index (χ0n) is 11.1. The lowest BCUT2D eigenvalue weighted by atomic mass is 9.93. The van der Waals surface area contributed by atoms with Crippen molar-refractivity contribution in [2.24, 2.45) is 0 Å². The molecule has 21 heavy (non-hydrogen) atoms. The summed E-state index contributed by atoms with van der Waals surface area (Å²) in [6.45, 7) is 0.584. The number of carbonyl (C=O) groups is 1. The van der Waals surface area contributed by atoms with Gasteiger partial charge in [0.2, 0.25) is 0 Å². The number of benzene rings is 2. The van der Waals surface area contributed by atoms with E-state index >= 15 is 0 Å². The summed E-state index contributed by atoms with van der Waals surface area (Å²) in [6, 6.07) is 11.3. The van der Waals surface area contributed by atoms with Gasteiger partial charge in [-0.15, -0.1) is 0 Å². The van der Waals surface area contributed by atoms with Crippen LogP contribution in [0, 0.1) is 11.3 Å². The molecule has 0 atom stereocenters. The Hall–Kier alpha value is -3.00. The number of nitrogens with zero attached hydrogens (tertiary/aromatic N) is 2. The second kappa shape index (κ2) is 4.84. The highest BCUT2D eigenvalue weighted by atomic mass is 16.3. The van der Waals surface area contributed by atoms with E-state index < -0.39 is 0 Å². The monoisotopic (exact) mass is 280 g/mol. The van der Waals surface area contributed by atoms with Gasteiger partial charge >= 0.3 is 0 Å². The lowest BCUT2D eigenvalue weighted by Gasteiger charge is -2.30. The van der Waals surface area contributed by atoms with E-state index in [0.717, 1.165) is 5.69 Å². The van der Waals surface area contributed by atoms with Crippen LogP contribution in [0.15, 0.2) is 36.4 Å². The van der Waals surface area contributed by atoms with E-state index in [4.69, 9.17) is 0 Å². The van der Waals surface area contributed by atoms with E-state index in [-0.39, 0.29) is 23.8 Å². The molecule has 1 aliphatic rings. The number of fused-ring (bicyclic) bond motifs is 1. The van der Waals surface area contributed by atoms with Crippen LogP contribution in [0.25, 0.3) is 0 Å². The third-order valence-electron chi connectivity index (χ3n) is 3.55. The van der Waals surface area contributed by atoms with Gasteiger partial charge in [0, 0.05) is 23.4 Å². The van der Waals surface area contributed by atoms with E-state index in [9.17, 15) is 20.3 Å². The maximum absolute atomic E-state index is 12.2. The van der Waals surface area contributed by atoms with Gasteiger partial charge in [-0.2, -0.15) is 5.26 Å². The number of phenolic OH excluding ortho intramolecular Hbond substituents is 2. The zero-order valence-corrected chi connectivity index (χ0v) is 11.1. The number of phenols is 2. The fraction of sp³-hybridized carbons (Fsp3) is 0.125. The molecule has 0 aromatic heterocycles. The maximum atomic E-state index is 12.2. The number of aromatic hydroxyl groups is 2. The SMILES string of the molecule is N#Cc1cc(O)cc2c1CN(c1ccc(O)cc1)CC2=O. The molecule has 0 amide bonds. The second-order valence-corrected chi connectivity index (χ2v) is 4.93. The van der Waals surface area contributed by atoms with Crippen molar-refractivity contribution in [2.75, 3.05) is 11.4 Å². The fourth-order valence-electron chi connectivity index (χ4n) is 2.53. The lowest BCUT2D eigenvalue weighted by Crippen LogP contribution is -2.35. The van der Waals surface area contributed by atoms with Crippen LogP contribution in [0.1, 0.15) is 21.5 Å². The van der Waals surface area contributed by atoms with Crippen LogP contribution in [0.3, 0.4) is 0 Å². The Morgan fingerprint density at radius 2 is 1.76 bits per heavy atom. The first-order chi connectivity index (χ1) is 10.1. The van der Waals surface area contributed by atoms with Gasteiger partial charge < -0.3 is 15.1 Å². The van der Waals surface area contributed by atoms with E-state index in [1.165, 1.54) is 12.1 Å². The molecule has 104 valence electrons. The second-order valence-electron chi connectivity index (χ2n) is 4.93.